The first-order valence-corrected chi connectivity index (χ1v) is 7.76. The Morgan fingerprint density at radius 3 is 2.33 bits per heavy atom. The van der Waals surface area contributed by atoms with Gasteiger partial charge in [-0.05, 0) is 65.2 Å². The van der Waals surface area contributed by atoms with Crippen molar-refractivity contribution in [3.63, 3.8) is 0 Å². The summed E-state index contributed by atoms with van der Waals surface area (Å²) in [5.74, 6) is -1.12. The van der Waals surface area contributed by atoms with Crippen LogP contribution in [-0.4, -0.2) is 42.8 Å². The lowest BCUT2D eigenvalue weighted by molar-refractivity contribution is -0.185. The Morgan fingerprint density at radius 2 is 1.86 bits per heavy atom. The van der Waals surface area contributed by atoms with Crippen molar-refractivity contribution >= 4 is 0 Å². The second kappa shape index (κ2) is 8.00. The zero-order valence-electron chi connectivity index (χ0n) is 13.0. The molecule has 0 radical (unpaired) electrons. The van der Waals surface area contributed by atoms with Crippen molar-refractivity contribution < 1.29 is 13.2 Å². The number of nitrogens with one attached hydrogen (secondary N) is 1. The van der Waals surface area contributed by atoms with Crippen molar-refractivity contribution in [1.82, 2.24) is 10.2 Å². The molecule has 1 aliphatic heterocycles. The first-order chi connectivity index (χ1) is 9.80. The average molecular weight is 305 g/mol. The highest BCUT2D eigenvalue weighted by Crippen LogP contribution is 2.34. The maximum Gasteiger partial charge on any atom is 0.391 e. The van der Waals surface area contributed by atoms with E-state index in [2.05, 4.69) is 16.3 Å². The van der Waals surface area contributed by atoms with Crippen molar-refractivity contribution in [2.45, 2.75) is 57.7 Å². The molecular formula is C15H26F3N3. The van der Waals surface area contributed by atoms with Gasteiger partial charge in [-0.25, -0.2) is 0 Å². The molecule has 0 aromatic rings. The minimum atomic E-state index is -4.04. The number of unbranched alkanes of at least 4 members (excludes halogenated alkanes) is 1. The standard InChI is InChI=1S/C15H26F3N3/c1-3-20-14(2,12-19)8-4-5-9-21-10-6-13(7-11-21)15(16,17)18/h13,20H,3-11H2,1-2H3. The topological polar surface area (TPSA) is 39.1 Å². The number of likely N-dealkylation sites (tertiary alicyclic amines) is 1. The number of piperidine rings is 1. The lowest BCUT2D eigenvalue weighted by Gasteiger charge is -2.33. The average Bonchev–Trinajstić information content (AvgIpc) is 2.43. The summed E-state index contributed by atoms with van der Waals surface area (Å²) in [6.45, 7) is 6.53. The van der Waals surface area contributed by atoms with Crippen molar-refractivity contribution in [2.75, 3.05) is 26.2 Å². The Bertz CT molecular complexity index is 343. The molecule has 21 heavy (non-hydrogen) atoms. The molecule has 122 valence electrons. The summed E-state index contributed by atoms with van der Waals surface area (Å²) in [4.78, 5) is 2.11. The first-order valence-electron chi connectivity index (χ1n) is 7.76. The maximum atomic E-state index is 12.6. The third-order valence-corrected chi connectivity index (χ3v) is 4.27. The van der Waals surface area contributed by atoms with E-state index in [-0.39, 0.29) is 12.8 Å². The van der Waals surface area contributed by atoms with Gasteiger partial charge in [0, 0.05) is 0 Å². The maximum absolute atomic E-state index is 12.6. The number of alkyl halides is 3. The van der Waals surface area contributed by atoms with Gasteiger partial charge in [-0.15, -0.1) is 0 Å². The van der Waals surface area contributed by atoms with E-state index in [9.17, 15) is 13.2 Å². The Morgan fingerprint density at radius 1 is 1.24 bits per heavy atom. The van der Waals surface area contributed by atoms with E-state index in [0.29, 0.717) is 13.1 Å². The predicted octanol–water partition coefficient (Wildman–Crippen LogP) is 3.32. The normalized spacial score (nSPS) is 21.0. The molecule has 1 N–H and O–H groups in total. The first kappa shape index (κ1) is 18.2. The van der Waals surface area contributed by atoms with Gasteiger partial charge in [-0.1, -0.05) is 6.92 Å². The van der Waals surface area contributed by atoms with Crippen LogP contribution in [0, 0.1) is 17.2 Å². The lowest BCUT2D eigenvalue weighted by atomic mass is 9.95. The van der Waals surface area contributed by atoms with Crippen LogP contribution >= 0.6 is 0 Å². The van der Waals surface area contributed by atoms with Crippen molar-refractivity contribution in [1.29, 1.82) is 5.26 Å². The quantitative estimate of drug-likeness (QED) is 0.733. The number of rotatable bonds is 7. The SMILES string of the molecule is CCNC(C)(C#N)CCCCN1CCC(C(F)(F)F)CC1. The Labute approximate surface area is 125 Å². The molecule has 3 nitrogen and oxygen atoms in total. The van der Waals surface area contributed by atoms with Crippen molar-refractivity contribution in [3.05, 3.63) is 0 Å². The fourth-order valence-corrected chi connectivity index (χ4v) is 2.87. The van der Waals surface area contributed by atoms with Crippen LogP contribution in [0.1, 0.15) is 46.0 Å². The van der Waals surface area contributed by atoms with Crippen molar-refractivity contribution in [2.24, 2.45) is 5.92 Å². The third kappa shape index (κ3) is 6.23. The smallest absolute Gasteiger partial charge is 0.303 e. The van der Waals surface area contributed by atoms with Crippen LogP contribution in [0.25, 0.3) is 0 Å². The summed E-state index contributed by atoms with van der Waals surface area (Å²) in [5.41, 5.74) is -0.488. The third-order valence-electron chi connectivity index (χ3n) is 4.27. The summed E-state index contributed by atoms with van der Waals surface area (Å²) in [7, 11) is 0. The van der Waals surface area contributed by atoms with E-state index < -0.39 is 17.6 Å². The molecule has 0 aliphatic carbocycles. The summed E-state index contributed by atoms with van der Waals surface area (Å²) < 4.78 is 37.7. The molecule has 1 heterocycles. The summed E-state index contributed by atoms with van der Waals surface area (Å²) >= 11 is 0. The molecule has 0 amide bonds. The molecule has 1 aliphatic rings. The van der Waals surface area contributed by atoms with Gasteiger partial charge in [-0.2, -0.15) is 18.4 Å². The number of halogens is 3. The molecule has 1 atom stereocenters. The van der Waals surface area contributed by atoms with Gasteiger partial charge in [0.05, 0.1) is 12.0 Å². The lowest BCUT2D eigenvalue weighted by Crippen LogP contribution is -2.41. The fourth-order valence-electron chi connectivity index (χ4n) is 2.87. The predicted molar refractivity (Wildman–Crippen MR) is 76.8 cm³/mol. The second-order valence-electron chi connectivity index (χ2n) is 6.09. The van der Waals surface area contributed by atoms with Gasteiger partial charge >= 0.3 is 6.18 Å². The molecule has 0 saturated carbocycles. The van der Waals surface area contributed by atoms with Crippen LogP contribution in [0.2, 0.25) is 0 Å². The molecule has 0 spiro atoms. The fraction of sp³-hybridized carbons (Fsp3) is 0.933. The summed E-state index contributed by atoms with van der Waals surface area (Å²) in [6, 6.07) is 2.29. The molecule has 1 rings (SSSR count). The van der Waals surface area contributed by atoms with Crippen LogP contribution < -0.4 is 5.32 Å². The summed E-state index contributed by atoms with van der Waals surface area (Å²) in [5, 5.41) is 12.3. The van der Waals surface area contributed by atoms with Crippen LogP contribution in [0.4, 0.5) is 13.2 Å². The van der Waals surface area contributed by atoms with Crippen molar-refractivity contribution in [3.8, 4) is 6.07 Å². The Kier molecular flexibility index (Phi) is 6.95. The minimum absolute atomic E-state index is 0.219. The highest BCUT2D eigenvalue weighted by molar-refractivity contribution is 5.03. The molecule has 0 bridgehead atoms. The number of hydrogen-bond acceptors (Lipinski definition) is 3. The minimum Gasteiger partial charge on any atom is -0.303 e. The van der Waals surface area contributed by atoms with E-state index in [1.54, 1.807) is 0 Å². The molecule has 6 heteroatoms. The molecule has 1 unspecified atom stereocenters. The molecule has 1 saturated heterocycles. The van der Waals surface area contributed by atoms with E-state index in [1.807, 2.05) is 13.8 Å². The van der Waals surface area contributed by atoms with Crippen LogP contribution in [0.5, 0.6) is 0 Å². The highest BCUT2D eigenvalue weighted by atomic mass is 19.4. The zero-order chi connectivity index (χ0) is 15.9. The van der Waals surface area contributed by atoms with Crippen LogP contribution in [-0.2, 0) is 0 Å². The van der Waals surface area contributed by atoms with Gasteiger partial charge in [-0.3, -0.25) is 5.32 Å². The van der Waals surface area contributed by atoms with Gasteiger partial charge in [0.25, 0.3) is 0 Å². The summed E-state index contributed by atoms with van der Waals surface area (Å²) in [6.07, 6.45) is -0.980. The highest BCUT2D eigenvalue weighted by Gasteiger charge is 2.40. The van der Waals surface area contributed by atoms with E-state index >= 15 is 0 Å². The molecular weight excluding hydrogens is 279 g/mol. The molecule has 0 aromatic carbocycles. The number of hydrogen-bond donors (Lipinski definition) is 1. The second-order valence-corrected chi connectivity index (χ2v) is 6.09. The number of nitriles is 1. The van der Waals surface area contributed by atoms with Gasteiger partial charge in [0.15, 0.2) is 0 Å². The van der Waals surface area contributed by atoms with E-state index in [4.69, 9.17) is 5.26 Å². The Hall–Kier alpha value is -0.800. The zero-order valence-corrected chi connectivity index (χ0v) is 13.0. The molecule has 0 aromatic heterocycles. The van der Waals surface area contributed by atoms with Crippen LogP contribution in [0.15, 0.2) is 0 Å². The van der Waals surface area contributed by atoms with Gasteiger partial charge in [0.2, 0.25) is 0 Å². The van der Waals surface area contributed by atoms with Gasteiger partial charge < -0.3 is 4.90 Å². The largest absolute Gasteiger partial charge is 0.391 e. The van der Waals surface area contributed by atoms with E-state index in [1.165, 1.54) is 0 Å². The van der Waals surface area contributed by atoms with E-state index in [0.717, 1.165) is 32.4 Å². The van der Waals surface area contributed by atoms with Gasteiger partial charge in [0.1, 0.15) is 5.54 Å². The Balaban J connectivity index is 2.19. The van der Waals surface area contributed by atoms with Crippen LogP contribution in [0.3, 0.4) is 0 Å². The molecule has 1 fully saturated rings. The number of nitrogens with zero attached hydrogens (tertiary/aromatic N) is 2. The monoisotopic (exact) mass is 305 g/mol.